The molecule has 0 saturated heterocycles. The topological polar surface area (TPSA) is 81.2 Å². The first kappa shape index (κ1) is 22.0. The lowest BCUT2D eigenvalue weighted by Crippen LogP contribution is -2.34. The predicted octanol–water partition coefficient (Wildman–Crippen LogP) is 3.30. The number of aryl methyl sites for hydroxylation is 1. The van der Waals surface area contributed by atoms with Crippen LogP contribution in [0.25, 0.3) is 0 Å². The van der Waals surface area contributed by atoms with Crippen molar-refractivity contribution in [2.24, 2.45) is 5.73 Å². The minimum absolute atomic E-state index is 0.0181. The van der Waals surface area contributed by atoms with Gasteiger partial charge in [0, 0.05) is 31.7 Å². The largest absolute Gasteiger partial charge is 0.370 e. The first-order chi connectivity index (χ1) is 13.4. The quantitative estimate of drug-likeness (QED) is 0.585. The van der Waals surface area contributed by atoms with E-state index in [9.17, 15) is 9.59 Å². The highest BCUT2D eigenvalue weighted by Gasteiger charge is 2.18. The predicted molar refractivity (Wildman–Crippen MR) is 113 cm³/mol. The van der Waals surface area contributed by atoms with Gasteiger partial charge in [-0.1, -0.05) is 55.4 Å². The molecular weight excluding hydrogens is 372 g/mol. The second-order valence-electron chi connectivity index (χ2n) is 6.88. The molecule has 0 spiro atoms. The molecule has 1 aromatic carbocycles. The van der Waals surface area contributed by atoms with E-state index >= 15 is 0 Å². The summed E-state index contributed by atoms with van der Waals surface area (Å²) in [6.45, 7) is 7.93. The summed E-state index contributed by atoms with van der Waals surface area (Å²) in [5.41, 5.74) is 8.47. The molecule has 2 N–H and O–H groups in total. The zero-order chi connectivity index (χ0) is 20.5. The first-order valence-electron chi connectivity index (χ1n) is 9.68. The maximum Gasteiger partial charge on any atom is 0.233 e. The maximum atomic E-state index is 12.9. The molecular formula is C21H30N4O2S. The number of carbonyl (C=O) groups excluding carboxylic acids is 2. The molecule has 0 fully saturated rings. The summed E-state index contributed by atoms with van der Waals surface area (Å²) in [6, 6.07) is 9.77. The number of hydrogen-bond donors (Lipinski definition) is 1. The van der Waals surface area contributed by atoms with E-state index in [2.05, 4.69) is 23.4 Å². The second kappa shape index (κ2) is 10.9. The molecule has 0 bridgehead atoms. The third kappa shape index (κ3) is 6.41. The van der Waals surface area contributed by atoms with Crippen LogP contribution in [0.3, 0.4) is 0 Å². The zero-order valence-corrected chi connectivity index (χ0v) is 17.8. The van der Waals surface area contributed by atoms with Gasteiger partial charge in [-0.25, -0.2) is 4.98 Å². The molecule has 7 heteroatoms. The van der Waals surface area contributed by atoms with Crippen LogP contribution in [-0.2, 0) is 22.7 Å². The smallest absolute Gasteiger partial charge is 0.233 e. The molecule has 28 heavy (non-hydrogen) atoms. The monoisotopic (exact) mass is 402 g/mol. The average Bonchev–Trinajstić information content (AvgIpc) is 2.95. The van der Waals surface area contributed by atoms with E-state index in [1.54, 1.807) is 4.90 Å². The van der Waals surface area contributed by atoms with Crippen LogP contribution in [0.2, 0.25) is 0 Å². The Labute approximate surface area is 171 Å². The third-order valence-electron chi connectivity index (χ3n) is 4.68. The van der Waals surface area contributed by atoms with Gasteiger partial charge >= 0.3 is 0 Å². The van der Waals surface area contributed by atoms with Gasteiger partial charge in [-0.2, -0.15) is 0 Å². The summed E-state index contributed by atoms with van der Waals surface area (Å²) in [5, 5.41) is 0.881. The summed E-state index contributed by atoms with van der Waals surface area (Å²) in [6.07, 6.45) is 2.35. The van der Waals surface area contributed by atoms with Crippen LogP contribution >= 0.6 is 11.8 Å². The SMILES string of the molecule is CCCCn1c(SCC(=O)N(CCC(N)=O)Cc2ccccc2)nc(C)c1C. The summed E-state index contributed by atoms with van der Waals surface area (Å²) in [4.78, 5) is 30.4. The number of primary amides is 1. The molecule has 0 radical (unpaired) electrons. The van der Waals surface area contributed by atoms with Crippen molar-refractivity contribution in [3.63, 3.8) is 0 Å². The van der Waals surface area contributed by atoms with Crippen molar-refractivity contribution in [3.8, 4) is 0 Å². The number of amides is 2. The number of nitrogens with two attached hydrogens (primary N) is 1. The van der Waals surface area contributed by atoms with Gasteiger partial charge in [-0.05, 0) is 25.8 Å². The van der Waals surface area contributed by atoms with Crippen molar-refractivity contribution in [3.05, 3.63) is 47.3 Å². The number of unbranched alkanes of at least 4 members (excludes halogenated alkanes) is 1. The van der Waals surface area contributed by atoms with Crippen molar-refractivity contribution >= 4 is 23.6 Å². The Kier molecular flexibility index (Phi) is 8.57. The van der Waals surface area contributed by atoms with Crippen LogP contribution in [0.4, 0.5) is 0 Å². The third-order valence-corrected chi connectivity index (χ3v) is 5.64. The Balaban J connectivity index is 2.06. The Morgan fingerprint density at radius 1 is 1.21 bits per heavy atom. The van der Waals surface area contributed by atoms with Gasteiger partial charge in [0.2, 0.25) is 11.8 Å². The summed E-state index contributed by atoms with van der Waals surface area (Å²) >= 11 is 1.46. The van der Waals surface area contributed by atoms with E-state index in [1.807, 2.05) is 37.3 Å². The molecule has 0 atom stereocenters. The molecule has 2 aromatic rings. The summed E-state index contributed by atoms with van der Waals surface area (Å²) < 4.78 is 2.20. The van der Waals surface area contributed by atoms with E-state index in [4.69, 9.17) is 5.73 Å². The van der Waals surface area contributed by atoms with Crippen LogP contribution in [-0.4, -0.2) is 38.6 Å². The molecule has 1 heterocycles. The average molecular weight is 403 g/mol. The van der Waals surface area contributed by atoms with Crippen LogP contribution in [0.5, 0.6) is 0 Å². The fourth-order valence-corrected chi connectivity index (χ4v) is 3.89. The van der Waals surface area contributed by atoms with Crippen molar-refractivity contribution in [1.82, 2.24) is 14.5 Å². The van der Waals surface area contributed by atoms with Gasteiger partial charge in [0.1, 0.15) is 0 Å². The summed E-state index contributed by atoms with van der Waals surface area (Å²) in [7, 11) is 0. The molecule has 152 valence electrons. The van der Waals surface area contributed by atoms with Gasteiger partial charge in [-0.15, -0.1) is 0 Å². The second-order valence-corrected chi connectivity index (χ2v) is 7.82. The number of hydrogen-bond acceptors (Lipinski definition) is 4. The number of benzene rings is 1. The Morgan fingerprint density at radius 2 is 1.93 bits per heavy atom. The van der Waals surface area contributed by atoms with E-state index in [-0.39, 0.29) is 18.1 Å². The molecule has 2 rings (SSSR count). The van der Waals surface area contributed by atoms with Crippen LogP contribution in [0.1, 0.15) is 43.1 Å². The van der Waals surface area contributed by atoms with Crippen molar-refractivity contribution in [1.29, 1.82) is 0 Å². The molecule has 0 saturated carbocycles. The minimum Gasteiger partial charge on any atom is -0.370 e. The molecule has 2 amide bonds. The maximum absolute atomic E-state index is 12.9. The lowest BCUT2D eigenvalue weighted by Gasteiger charge is -2.22. The molecule has 0 aliphatic heterocycles. The molecule has 0 unspecified atom stereocenters. The van der Waals surface area contributed by atoms with Gasteiger partial charge in [0.05, 0.1) is 11.4 Å². The van der Waals surface area contributed by atoms with Crippen molar-refractivity contribution < 1.29 is 9.59 Å². The van der Waals surface area contributed by atoms with Crippen LogP contribution in [0, 0.1) is 13.8 Å². The van der Waals surface area contributed by atoms with Gasteiger partial charge < -0.3 is 15.2 Å². The van der Waals surface area contributed by atoms with E-state index < -0.39 is 5.91 Å². The minimum atomic E-state index is -0.403. The number of thioether (sulfide) groups is 1. The number of aromatic nitrogens is 2. The lowest BCUT2D eigenvalue weighted by molar-refractivity contribution is -0.129. The number of imidazole rings is 1. The van der Waals surface area contributed by atoms with Crippen molar-refractivity contribution in [2.45, 2.75) is 58.3 Å². The van der Waals surface area contributed by atoms with Gasteiger partial charge in [0.15, 0.2) is 5.16 Å². The van der Waals surface area contributed by atoms with E-state index in [0.29, 0.717) is 13.1 Å². The zero-order valence-electron chi connectivity index (χ0n) is 17.0. The fourth-order valence-electron chi connectivity index (χ4n) is 2.87. The molecule has 1 aromatic heterocycles. The number of carbonyl (C=O) groups is 2. The molecule has 0 aliphatic rings. The van der Waals surface area contributed by atoms with Crippen molar-refractivity contribution in [2.75, 3.05) is 12.3 Å². The first-order valence-corrected chi connectivity index (χ1v) is 10.7. The highest BCUT2D eigenvalue weighted by molar-refractivity contribution is 7.99. The fraction of sp³-hybridized carbons (Fsp3) is 0.476. The van der Waals surface area contributed by atoms with Crippen LogP contribution in [0.15, 0.2) is 35.5 Å². The number of rotatable bonds is 11. The van der Waals surface area contributed by atoms with E-state index in [0.717, 1.165) is 41.5 Å². The number of nitrogens with zero attached hydrogens (tertiary/aromatic N) is 3. The molecule has 6 nitrogen and oxygen atoms in total. The Bertz CT molecular complexity index is 789. The highest BCUT2D eigenvalue weighted by atomic mass is 32.2. The van der Waals surface area contributed by atoms with Crippen LogP contribution < -0.4 is 5.73 Å². The summed E-state index contributed by atoms with van der Waals surface area (Å²) in [5.74, 6) is -0.136. The van der Waals surface area contributed by atoms with Gasteiger partial charge in [0.25, 0.3) is 0 Å². The Hall–Kier alpha value is -2.28. The standard InChI is InChI=1S/C21H30N4O2S/c1-4-5-12-25-17(3)16(2)23-21(25)28-15-20(27)24(13-11-19(22)26)14-18-9-7-6-8-10-18/h6-10H,4-5,11-15H2,1-3H3,(H2,22,26). The lowest BCUT2D eigenvalue weighted by atomic mass is 10.2. The molecule has 0 aliphatic carbocycles. The highest BCUT2D eigenvalue weighted by Crippen LogP contribution is 2.22. The Morgan fingerprint density at radius 3 is 2.57 bits per heavy atom. The van der Waals surface area contributed by atoms with Gasteiger partial charge in [-0.3, -0.25) is 9.59 Å². The van der Waals surface area contributed by atoms with E-state index in [1.165, 1.54) is 11.8 Å². The normalized spacial score (nSPS) is 10.8.